The molecule has 2 aromatic rings. The predicted molar refractivity (Wildman–Crippen MR) is 103 cm³/mol. The topological polar surface area (TPSA) is 195 Å². The molecule has 12 nitrogen and oxygen atoms in total. The number of imidazole rings is 1. The van der Waals surface area contributed by atoms with Crippen LogP contribution < -0.4 is 16.8 Å². The summed E-state index contributed by atoms with van der Waals surface area (Å²) in [7, 11) is 0. The van der Waals surface area contributed by atoms with Crippen LogP contribution in [-0.4, -0.2) is 77.7 Å². The minimum Gasteiger partial charge on any atom is -0.480 e. The molecule has 1 aliphatic heterocycles. The van der Waals surface area contributed by atoms with Gasteiger partial charge >= 0.3 is 5.97 Å². The molecule has 0 aliphatic carbocycles. The number of anilines is 1. The highest BCUT2D eigenvalue weighted by Crippen LogP contribution is 2.34. The third kappa shape index (κ3) is 4.31. The number of nitrogens with two attached hydrogens (primary N) is 2. The van der Waals surface area contributed by atoms with Gasteiger partial charge in [0.1, 0.15) is 36.2 Å². The fourth-order valence-electron chi connectivity index (χ4n) is 3.50. The summed E-state index contributed by atoms with van der Waals surface area (Å²) in [5.41, 5.74) is 12.2. The van der Waals surface area contributed by atoms with Crippen molar-refractivity contribution < 1.29 is 24.9 Å². The molecule has 0 spiro atoms. The molecule has 2 aromatic heterocycles. The van der Waals surface area contributed by atoms with Gasteiger partial charge in [-0.15, -0.1) is 0 Å². The van der Waals surface area contributed by atoms with Crippen LogP contribution in [0.4, 0.5) is 5.82 Å². The van der Waals surface area contributed by atoms with Crippen molar-refractivity contribution in [2.75, 3.05) is 12.3 Å². The van der Waals surface area contributed by atoms with Gasteiger partial charge < -0.3 is 36.8 Å². The number of nitrogen functional groups attached to an aromatic ring is 1. The highest BCUT2D eigenvalue weighted by atomic mass is 16.6. The molecule has 3 rings (SSSR count). The lowest BCUT2D eigenvalue weighted by molar-refractivity contribution is -0.138. The summed E-state index contributed by atoms with van der Waals surface area (Å²) in [5.74, 6) is -0.893. The molecule has 3 heterocycles. The van der Waals surface area contributed by atoms with E-state index in [1.165, 1.54) is 17.2 Å². The van der Waals surface area contributed by atoms with E-state index < -0.39 is 42.6 Å². The minimum atomic E-state index is -1.24. The average molecular weight is 409 g/mol. The van der Waals surface area contributed by atoms with Gasteiger partial charge in [-0.2, -0.15) is 0 Å². The van der Waals surface area contributed by atoms with Crippen molar-refractivity contribution in [3.8, 4) is 0 Å². The molecule has 0 bridgehead atoms. The van der Waals surface area contributed by atoms with E-state index >= 15 is 0 Å². The second kappa shape index (κ2) is 8.97. The molecule has 8 N–H and O–H groups in total. The summed E-state index contributed by atoms with van der Waals surface area (Å²) in [4.78, 5) is 23.2. The molecule has 1 saturated heterocycles. The maximum absolute atomic E-state index is 11.0. The van der Waals surface area contributed by atoms with Crippen molar-refractivity contribution in [1.29, 1.82) is 0 Å². The first kappa shape index (κ1) is 21.3. The molecule has 6 atom stereocenters. The van der Waals surface area contributed by atoms with Crippen LogP contribution in [0.2, 0.25) is 0 Å². The van der Waals surface area contributed by atoms with Gasteiger partial charge in [0.2, 0.25) is 0 Å². The van der Waals surface area contributed by atoms with E-state index in [4.69, 9.17) is 21.3 Å². The number of ether oxygens (including phenoxy) is 1. The Bertz CT molecular complexity index is 847. The van der Waals surface area contributed by atoms with Gasteiger partial charge in [-0.25, -0.2) is 15.0 Å². The summed E-state index contributed by atoms with van der Waals surface area (Å²) < 4.78 is 7.50. The molecule has 12 heteroatoms. The van der Waals surface area contributed by atoms with E-state index in [1.807, 2.05) is 6.92 Å². The highest BCUT2D eigenvalue weighted by molar-refractivity contribution is 5.81. The second-order valence-electron chi connectivity index (χ2n) is 7.14. The lowest BCUT2D eigenvalue weighted by atomic mass is 9.97. The quantitative estimate of drug-likeness (QED) is 0.285. The Hall–Kier alpha value is -2.38. The number of aliphatic hydroxyl groups excluding tert-OH is 2. The SMILES string of the molecule is CCCN[C@@H](CC[C@H](N)C(=O)O)[C@H]1O[C@@H](n2cnc3c(N)ncnc32)C(O)C1O. The Morgan fingerprint density at radius 1 is 1.31 bits per heavy atom. The summed E-state index contributed by atoms with van der Waals surface area (Å²) in [6.07, 6.45) is -0.0703. The molecule has 2 unspecified atom stereocenters. The molecule has 1 fully saturated rings. The maximum Gasteiger partial charge on any atom is 0.320 e. The first-order chi connectivity index (χ1) is 13.8. The van der Waals surface area contributed by atoms with Gasteiger partial charge in [0, 0.05) is 6.04 Å². The van der Waals surface area contributed by atoms with E-state index in [9.17, 15) is 15.0 Å². The Morgan fingerprint density at radius 2 is 2.07 bits per heavy atom. The lowest BCUT2D eigenvalue weighted by Crippen LogP contribution is -2.47. The first-order valence-electron chi connectivity index (χ1n) is 9.51. The number of hydrogen-bond acceptors (Lipinski definition) is 10. The van der Waals surface area contributed by atoms with Crippen molar-refractivity contribution in [2.24, 2.45) is 5.73 Å². The third-order valence-electron chi connectivity index (χ3n) is 5.10. The molecule has 0 radical (unpaired) electrons. The molecule has 0 amide bonds. The molecule has 160 valence electrons. The lowest BCUT2D eigenvalue weighted by Gasteiger charge is -2.27. The summed E-state index contributed by atoms with van der Waals surface area (Å²) in [6, 6.07) is -1.41. The van der Waals surface area contributed by atoms with Gasteiger partial charge in [0.15, 0.2) is 17.7 Å². The number of aromatic nitrogens is 4. The van der Waals surface area contributed by atoms with Crippen LogP contribution in [0.15, 0.2) is 12.7 Å². The molecular weight excluding hydrogens is 382 g/mol. The molecular formula is C17H27N7O5. The zero-order valence-electron chi connectivity index (χ0n) is 16.0. The van der Waals surface area contributed by atoms with Crippen LogP contribution >= 0.6 is 0 Å². The van der Waals surface area contributed by atoms with Crippen LogP contribution in [0.5, 0.6) is 0 Å². The largest absolute Gasteiger partial charge is 0.480 e. The van der Waals surface area contributed by atoms with Crippen molar-refractivity contribution in [2.45, 2.75) is 62.8 Å². The molecule has 1 aliphatic rings. The minimum absolute atomic E-state index is 0.196. The Morgan fingerprint density at radius 3 is 2.76 bits per heavy atom. The van der Waals surface area contributed by atoms with Crippen LogP contribution in [0.3, 0.4) is 0 Å². The normalized spacial score (nSPS) is 26.6. The third-order valence-corrected chi connectivity index (χ3v) is 5.10. The second-order valence-corrected chi connectivity index (χ2v) is 7.14. The van der Waals surface area contributed by atoms with Crippen LogP contribution in [0.25, 0.3) is 11.2 Å². The van der Waals surface area contributed by atoms with Gasteiger partial charge in [0.05, 0.1) is 6.33 Å². The Balaban J connectivity index is 1.81. The van der Waals surface area contributed by atoms with E-state index in [0.29, 0.717) is 24.1 Å². The van der Waals surface area contributed by atoms with Gasteiger partial charge in [-0.3, -0.25) is 9.36 Å². The fourth-order valence-corrected chi connectivity index (χ4v) is 3.50. The van der Waals surface area contributed by atoms with E-state index in [0.717, 1.165) is 6.42 Å². The Kier molecular flexibility index (Phi) is 6.59. The fraction of sp³-hybridized carbons (Fsp3) is 0.647. The number of carbonyl (C=O) groups is 1. The number of carboxylic acid groups (broad SMARTS) is 1. The summed E-state index contributed by atoms with van der Waals surface area (Å²) >= 11 is 0. The number of carboxylic acids is 1. The maximum atomic E-state index is 11.0. The number of nitrogens with zero attached hydrogens (tertiary/aromatic N) is 4. The van der Waals surface area contributed by atoms with Crippen molar-refractivity contribution >= 4 is 23.0 Å². The predicted octanol–water partition coefficient (Wildman–Crippen LogP) is -1.41. The number of rotatable bonds is 9. The number of aliphatic carboxylic acids is 1. The summed E-state index contributed by atoms with van der Waals surface area (Å²) in [5, 5.41) is 33.5. The standard InChI is InChI=1S/C17H27N7O5/c1-2-5-20-9(4-3-8(18)17(27)28)13-11(25)12(26)16(29-13)24-7-23-10-14(19)21-6-22-15(10)24/h6-9,11-13,16,20,25-26H,2-5,18H2,1H3,(H,27,28)(H2,19,21,22)/t8-,9-,11?,12?,13+,16+/m0/s1. The van der Waals surface area contributed by atoms with Crippen molar-refractivity contribution in [3.63, 3.8) is 0 Å². The highest BCUT2D eigenvalue weighted by Gasteiger charge is 2.47. The zero-order valence-corrected chi connectivity index (χ0v) is 16.0. The monoisotopic (exact) mass is 409 g/mol. The zero-order chi connectivity index (χ0) is 21.1. The Labute approximate surface area is 166 Å². The van der Waals surface area contributed by atoms with Crippen LogP contribution in [0, 0.1) is 0 Å². The van der Waals surface area contributed by atoms with Crippen molar-refractivity contribution in [1.82, 2.24) is 24.8 Å². The number of nitrogens with one attached hydrogen (secondary N) is 1. The molecule has 29 heavy (non-hydrogen) atoms. The van der Waals surface area contributed by atoms with Gasteiger partial charge in [-0.1, -0.05) is 6.92 Å². The number of aliphatic hydroxyl groups is 2. The van der Waals surface area contributed by atoms with Crippen molar-refractivity contribution in [3.05, 3.63) is 12.7 Å². The molecule has 0 aromatic carbocycles. The smallest absolute Gasteiger partial charge is 0.320 e. The average Bonchev–Trinajstić information content (AvgIpc) is 3.25. The summed E-state index contributed by atoms with van der Waals surface area (Å²) in [6.45, 7) is 2.62. The van der Waals surface area contributed by atoms with Gasteiger partial charge in [0.25, 0.3) is 0 Å². The number of fused-ring (bicyclic) bond motifs is 1. The van der Waals surface area contributed by atoms with E-state index in [2.05, 4.69) is 20.3 Å². The van der Waals surface area contributed by atoms with Crippen LogP contribution in [0.1, 0.15) is 32.4 Å². The van der Waals surface area contributed by atoms with Gasteiger partial charge in [-0.05, 0) is 25.8 Å². The van der Waals surface area contributed by atoms with E-state index in [-0.39, 0.29) is 12.2 Å². The van der Waals surface area contributed by atoms with Crippen LogP contribution in [-0.2, 0) is 9.53 Å². The number of hydrogen-bond donors (Lipinski definition) is 6. The molecule has 0 saturated carbocycles. The van der Waals surface area contributed by atoms with E-state index in [1.54, 1.807) is 0 Å². The first-order valence-corrected chi connectivity index (χ1v) is 9.51.